The van der Waals surface area contributed by atoms with E-state index >= 15 is 0 Å². The first-order valence-electron chi connectivity index (χ1n) is 9.36. The van der Waals surface area contributed by atoms with E-state index in [-0.39, 0.29) is 0 Å². The number of aromatic nitrogens is 4. The normalized spacial score (nSPS) is 18.2. The van der Waals surface area contributed by atoms with Gasteiger partial charge in [-0.2, -0.15) is 15.0 Å². The minimum Gasteiger partial charge on any atom is -0.378 e. The highest BCUT2D eigenvalue weighted by Crippen LogP contribution is 2.25. The average Bonchev–Trinajstić information content (AvgIpc) is 3.22. The van der Waals surface area contributed by atoms with Gasteiger partial charge >= 0.3 is 0 Å². The van der Waals surface area contributed by atoms with E-state index in [1.165, 1.54) is 5.39 Å². The molecule has 0 spiro atoms. The summed E-state index contributed by atoms with van der Waals surface area (Å²) in [4.78, 5) is 22.0. The SMILES string of the molecule is c1cc2ccc(-c3nc(N4CCOCC4)nc(N4CCOCC4)n3)cc2[nH]1. The monoisotopic (exact) mass is 366 g/mol. The zero-order valence-corrected chi connectivity index (χ0v) is 15.1. The van der Waals surface area contributed by atoms with E-state index in [2.05, 4.69) is 39.0 Å². The Labute approximate surface area is 157 Å². The van der Waals surface area contributed by atoms with Crippen molar-refractivity contribution in [1.29, 1.82) is 0 Å². The summed E-state index contributed by atoms with van der Waals surface area (Å²) in [6.45, 7) is 5.96. The molecule has 0 aliphatic carbocycles. The standard InChI is InChI=1S/C19H22N6O2/c1-2-15(13-16-14(1)3-4-20-16)17-21-18(24-5-9-26-10-6-24)23-19(22-17)25-7-11-27-12-8-25/h1-4,13,20H,5-12H2. The van der Waals surface area contributed by atoms with Crippen LogP contribution in [0.4, 0.5) is 11.9 Å². The summed E-state index contributed by atoms with van der Waals surface area (Å²) in [7, 11) is 0. The van der Waals surface area contributed by atoms with Gasteiger partial charge in [0.15, 0.2) is 5.82 Å². The number of benzene rings is 1. The molecule has 0 bridgehead atoms. The molecule has 5 rings (SSSR count). The minimum absolute atomic E-state index is 0.697. The molecule has 8 heteroatoms. The maximum absolute atomic E-state index is 5.48. The van der Waals surface area contributed by atoms with Crippen molar-refractivity contribution in [3.05, 3.63) is 30.5 Å². The van der Waals surface area contributed by atoms with Gasteiger partial charge in [-0.3, -0.25) is 0 Å². The van der Waals surface area contributed by atoms with Gasteiger partial charge in [0.1, 0.15) is 0 Å². The Kier molecular flexibility index (Phi) is 4.35. The lowest BCUT2D eigenvalue weighted by Crippen LogP contribution is -2.40. The van der Waals surface area contributed by atoms with Crippen LogP contribution in [-0.2, 0) is 9.47 Å². The van der Waals surface area contributed by atoms with Gasteiger partial charge in [0.2, 0.25) is 11.9 Å². The predicted molar refractivity (Wildman–Crippen MR) is 103 cm³/mol. The van der Waals surface area contributed by atoms with Gasteiger partial charge < -0.3 is 24.3 Å². The van der Waals surface area contributed by atoms with Gasteiger partial charge in [-0.1, -0.05) is 12.1 Å². The number of nitrogens with one attached hydrogen (secondary N) is 1. The number of ether oxygens (including phenoxy) is 2. The van der Waals surface area contributed by atoms with E-state index in [1.807, 2.05) is 6.20 Å². The number of aromatic amines is 1. The van der Waals surface area contributed by atoms with Crippen molar-refractivity contribution in [2.24, 2.45) is 0 Å². The molecule has 4 heterocycles. The lowest BCUT2D eigenvalue weighted by Gasteiger charge is -2.30. The van der Waals surface area contributed by atoms with Crippen LogP contribution in [0.25, 0.3) is 22.3 Å². The molecule has 1 N–H and O–H groups in total. The summed E-state index contributed by atoms with van der Waals surface area (Å²) in [6, 6.07) is 8.31. The third kappa shape index (κ3) is 3.33. The van der Waals surface area contributed by atoms with Crippen LogP contribution in [0.5, 0.6) is 0 Å². The number of H-pyrrole nitrogens is 1. The van der Waals surface area contributed by atoms with Crippen LogP contribution in [-0.4, -0.2) is 72.5 Å². The zero-order chi connectivity index (χ0) is 18.1. The van der Waals surface area contributed by atoms with Gasteiger partial charge in [0.05, 0.1) is 26.4 Å². The molecule has 3 aromatic rings. The summed E-state index contributed by atoms with van der Waals surface area (Å²) in [5, 5.41) is 1.18. The number of anilines is 2. The molecule has 1 aromatic carbocycles. The Morgan fingerprint density at radius 2 is 1.41 bits per heavy atom. The summed E-state index contributed by atoms with van der Waals surface area (Å²) < 4.78 is 11.0. The van der Waals surface area contributed by atoms with Crippen molar-refractivity contribution < 1.29 is 9.47 Å². The number of hydrogen-bond acceptors (Lipinski definition) is 7. The molecule has 0 amide bonds. The van der Waals surface area contributed by atoms with E-state index in [0.717, 1.165) is 49.2 Å². The molecule has 0 radical (unpaired) electrons. The van der Waals surface area contributed by atoms with Crippen molar-refractivity contribution in [1.82, 2.24) is 19.9 Å². The van der Waals surface area contributed by atoms with E-state index in [9.17, 15) is 0 Å². The quantitative estimate of drug-likeness (QED) is 0.756. The summed E-state index contributed by atoms with van der Waals surface area (Å²) in [6.07, 6.45) is 1.94. The van der Waals surface area contributed by atoms with E-state index in [1.54, 1.807) is 0 Å². The first-order valence-corrected chi connectivity index (χ1v) is 9.36. The Balaban J connectivity index is 1.57. The third-order valence-electron chi connectivity index (χ3n) is 5.01. The summed E-state index contributed by atoms with van der Waals surface area (Å²) in [5.74, 6) is 2.14. The summed E-state index contributed by atoms with van der Waals surface area (Å²) >= 11 is 0. The molecule has 2 aromatic heterocycles. The molecular weight excluding hydrogens is 344 g/mol. The maximum atomic E-state index is 5.48. The van der Waals surface area contributed by atoms with Crippen LogP contribution >= 0.6 is 0 Å². The maximum Gasteiger partial charge on any atom is 0.230 e. The molecule has 8 nitrogen and oxygen atoms in total. The first kappa shape index (κ1) is 16.5. The van der Waals surface area contributed by atoms with Crippen molar-refractivity contribution in [3.8, 4) is 11.4 Å². The van der Waals surface area contributed by atoms with Gasteiger partial charge in [0, 0.05) is 43.5 Å². The molecule has 140 valence electrons. The molecule has 27 heavy (non-hydrogen) atoms. The molecule has 0 unspecified atom stereocenters. The topological polar surface area (TPSA) is 79.4 Å². The van der Waals surface area contributed by atoms with Crippen LogP contribution in [0.15, 0.2) is 30.5 Å². The third-order valence-corrected chi connectivity index (χ3v) is 5.01. The van der Waals surface area contributed by atoms with Crippen LogP contribution < -0.4 is 9.80 Å². The van der Waals surface area contributed by atoms with Crippen molar-refractivity contribution in [3.63, 3.8) is 0 Å². The molecule has 0 saturated carbocycles. The van der Waals surface area contributed by atoms with E-state index in [0.29, 0.717) is 32.3 Å². The highest BCUT2D eigenvalue weighted by atomic mass is 16.5. The fourth-order valence-electron chi connectivity index (χ4n) is 3.48. The second kappa shape index (κ2) is 7.13. The molecular formula is C19H22N6O2. The van der Waals surface area contributed by atoms with E-state index in [4.69, 9.17) is 24.4 Å². The molecule has 2 fully saturated rings. The van der Waals surface area contributed by atoms with Crippen LogP contribution in [0.1, 0.15) is 0 Å². The fraction of sp³-hybridized carbons (Fsp3) is 0.421. The largest absolute Gasteiger partial charge is 0.378 e. The second-order valence-electron chi connectivity index (χ2n) is 6.74. The second-order valence-corrected chi connectivity index (χ2v) is 6.74. The number of morpholine rings is 2. The smallest absolute Gasteiger partial charge is 0.230 e. The molecule has 0 atom stereocenters. The predicted octanol–water partition coefficient (Wildman–Crippen LogP) is 1.69. The van der Waals surface area contributed by atoms with Crippen molar-refractivity contribution in [2.45, 2.75) is 0 Å². The average molecular weight is 366 g/mol. The number of nitrogens with zero attached hydrogens (tertiary/aromatic N) is 5. The molecule has 2 saturated heterocycles. The Morgan fingerprint density at radius 1 is 0.778 bits per heavy atom. The number of rotatable bonds is 3. The number of fused-ring (bicyclic) bond motifs is 1. The Bertz CT molecular complexity index is 895. The lowest BCUT2D eigenvalue weighted by molar-refractivity contribution is 0.121. The number of hydrogen-bond donors (Lipinski definition) is 1. The van der Waals surface area contributed by atoms with Crippen LogP contribution in [0.2, 0.25) is 0 Å². The Hall–Kier alpha value is -2.71. The first-order chi connectivity index (χ1) is 13.4. The lowest BCUT2D eigenvalue weighted by atomic mass is 10.1. The minimum atomic E-state index is 0.697. The van der Waals surface area contributed by atoms with Crippen molar-refractivity contribution >= 4 is 22.8 Å². The van der Waals surface area contributed by atoms with Gasteiger partial charge in [-0.15, -0.1) is 0 Å². The van der Waals surface area contributed by atoms with Gasteiger partial charge in [-0.25, -0.2) is 0 Å². The summed E-state index contributed by atoms with van der Waals surface area (Å²) in [5.41, 5.74) is 2.06. The van der Waals surface area contributed by atoms with Crippen LogP contribution in [0.3, 0.4) is 0 Å². The van der Waals surface area contributed by atoms with Crippen molar-refractivity contribution in [2.75, 3.05) is 62.4 Å². The zero-order valence-electron chi connectivity index (χ0n) is 15.1. The molecule has 2 aliphatic heterocycles. The van der Waals surface area contributed by atoms with Gasteiger partial charge in [0.25, 0.3) is 0 Å². The highest BCUT2D eigenvalue weighted by Gasteiger charge is 2.21. The van der Waals surface area contributed by atoms with Gasteiger partial charge in [-0.05, 0) is 17.5 Å². The Morgan fingerprint density at radius 3 is 2.04 bits per heavy atom. The van der Waals surface area contributed by atoms with Crippen LogP contribution in [0, 0.1) is 0 Å². The fourth-order valence-corrected chi connectivity index (χ4v) is 3.48. The molecule has 2 aliphatic rings. The van der Waals surface area contributed by atoms with E-state index < -0.39 is 0 Å². The highest BCUT2D eigenvalue weighted by molar-refractivity contribution is 5.83.